The molecule has 4 heteroatoms. The van der Waals surface area contributed by atoms with Crippen LogP contribution in [0.3, 0.4) is 0 Å². The van der Waals surface area contributed by atoms with Crippen molar-refractivity contribution in [2.75, 3.05) is 6.54 Å². The van der Waals surface area contributed by atoms with E-state index >= 15 is 0 Å². The minimum atomic E-state index is 0.0560. The van der Waals surface area contributed by atoms with Crippen molar-refractivity contribution in [2.45, 2.75) is 26.3 Å². The Morgan fingerprint density at radius 2 is 2.36 bits per heavy atom. The highest BCUT2D eigenvalue weighted by molar-refractivity contribution is 6.05. The van der Waals surface area contributed by atoms with Gasteiger partial charge in [0, 0.05) is 12.6 Å². The number of nitrogens with two attached hydrogens (primary N) is 1. The van der Waals surface area contributed by atoms with Crippen LogP contribution in [0.5, 0.6) is 0 Å². The second-order valence-electron chi connectivity index (χ2n) is 2.88. The van der Waals surface area contributed by atoms with Crippen LogP contribution in [0.2, 0.25) is 0 Å². The van der Waals surface area contributed by atoms with E-state index in [2.05, 4.69) is 5.10 Å². The Morgan fingerprint density at radius 3 is 2.64 bits per heavy atom. The minimum absolute atomic E-state index is 0.0560. The maximum Gasteiger partial charge on any atom is 0.248 e. The van der Waals surface area contributed by atoms with E-state index in [9.17, 15) is 4.79 Å². The van der Waals surface area contributed by atoms with E-state index in [1.165, 1.54) is 5.01 Å². The molecule has 11 heavy (non-hydrogen) atoms. The average Bonchev–Trinajstić information content (AvgIpc) is 2.30. The van der Waals surface area contributed by atoms with E-state index in [1.807, 2.05) is 13.8 Å². The second kappa shape index (κ2) is 3.00. The Labute approximate surface area is 66.0 Å². The van der Waals surface area contributed by atoms with Crippen molar-refractivity contribution in [3.8, 4) is 0 Å². The smallest absolute Gasteiger partial charge is 0.248 e. The Bertz CT molecular complexity index is 198. The lowest BCUT2D eigenvalue weighted by atomic mass is 10.2. The highest BCUT2D eigenvalue weighted by atomic mass is 16.2. The second-order valence-corrected chi connectivity index (χ2v) is 2.88. The van der Waals surface area contributed by atoms with Gasteiger partial charge in [0.05, 0.1) is 12.1 Å². The third kappa shape index (κ3) is 1.57. The van der Waals surface area contributed by atoms with E-state index in [1.54, 1.807) is 0 Å². The molecule has 0 atom stereocenters. The predicted molar refractivity (Wildman–Crippen MR) is 43.1 cm³/mol. The number of carbonyl (C=O) groups is 1. The van der Waals surface area contributed by atoms with Gasteiger partial charge in [0.15, 0.2) is 0 Å². The number of amides is 1. The topological polar surface area (TPSA) is 58.7 Å². The van der Waals surface area contributed by atoms with Crippen LogP contribution in [0, 0.1) is 0 Å². The summed E-state index contributed by atoms with van der Waals surface area (Å²) >= 11 is 0. The summed E-state index contributed by atoms with van der Waals surface area (Å²) in [6, 6.07) is 0.145. The molecule has 0 radical (unpaired) electrons. The summed E-state index contributed by atoms with van der Waals surface area (Å²) in [6.07, 6.45) is 0.397. The molecule has 0 spiro atoms. The van der Waals surface area contributed by atoms with Gasteiger partial charge < -0.3 is 5.73 Å². The van der Waals surface area contributed by atoms with Crippen molar-refractivity contribution in [3.05, 3.63) is 0 Å². The van der Waals surface area contributed by atoms with Gasteiger partial charge in [0.2, 0.25) is 5.91 Å². The first kappa shape index (κ1) is 8.20. The number of hydrazone groups is 1. The molecule has 0 unspecified atom stereocenters. The lowest BCUT2D eigenvalue weighted by Gasteiger charge is -2.15. The molecular weight excluding hydrogens is 142 g/mol. The zero-order valence-corrected chi connectivity index (χ0v) is 6.87. The molecule has 1 amide bonds. The van der Waals surface area contributed by atoms with Gasteiger partial charge in [-0.3, -0.25) is 4.79 Å². The first-order valence-corrected chi connectivity index (χ1v) is 3.73. The molecule has 0 saturated carbocycles. The fourth-order valence-electron chi connectivity index (χ4n) is 1.02. The summed E-state index contributed by atoms with van der Waals surface area (Å²) in [5.41, 5.74) is 6.13. The fraction of sp³-hybridized carbons (Fsp3) is 0.714. The van der Waals surface area contributed by atoms with E-state index < -0.39 is 0 Å². The Balaban J connectivity index is 2.68. The third-order valence-electron chi connectivity index (χ3n) is 1.58. The molecule has 2 N–H and O–H groups in total. The van der Waals surface area contributed by atoms with Crippen LogP contribution in [0.15, 0.2) is 5.10 Å². The SMILES string of the molecule is CC(C)N1N=C(CN)CC1=O. The van der Waals surface area contributed by atoms with Crippen molar-refractivity contribution < 1.29 is 4.79 Å². The highest BCUT2D eigenvalue weighted by Crippen LogP contribution is 2.10. The quantitative estimate of drug-likeness (QED) is 0.607. The minimum Gasteiger partial charge on any atom is -0.325 e. The monoisotopic (exact) mass is 155 g/mol. The number of rotatable bonds is 2. The molecule has 0 bridgehead atoms. The van der Waals surface area contributed by atoms with E-state index in [0.717, 1.165) is 5.71 Å². The lowest BCUT2D eigenvalue weighted by molar-refractivity contribution is -0.130. The van der Waals surface area contributed by atoms with E-state index in [0.29, 0.717) is 13.0 Å². The first-order valence-electron chi connectivity index (χ1n) is 3.73. The van der Waals surface area contributed by atoms with Crippen molar-refractivity contribution >= 4 is 11.6 Å². The molecule has 0 aliphatic carbocycles. The van der Waals surface area contributed by atoms with Gasteiger partial charge in [0.25, 0.3) is 0 Å². The zero-order valence-electron chi connectivity index (χ0n) is 6.87. The summed E-state index contributed by atoms with van der Waals surface area (Å²) < 4.78 is 0. The largest absolute Gasteiger partial charge is 0.325 e. The Kier molecular flexibility index (Phi) is 2.24. The number of carbonyl (C=O) groups excluding carboxylic acids is 1. The lowest BCUT2D eigenvalue weighted by Crippen LogP contribution is -2.27. The standard InChI is InChI=1S/C7H13N3O/c1-5(2)10-7(11)3-6(4-8)9-10/h5H,3-4,8H2,1-2H3. The highest BCUT2D eigenvalue weighted by Gasteiger charge is 2.24. The van der Waals surface area contributed by atoms with Gasteiger partial charge in [-0.2, -0.15) is 5.10 Å². The molecule has 1 heterocycles. The van der Waals surface area contributed by atoms with Gasteiger partial charge in [-0.15, -0.1) is 0 Å². The molecule has 0 saturated heterocycles. The molecule has 0 aromatic rings. The van der Waals surface area contributed by atoms with Crippen LogP contribution in [0.25, 0.3) is 0 Å². The molecule has 1 aliphatic heterocycles. The number of hydrogen-bond acceptors (Lipinski definition) is 3. The van der Waals surface area contributed by atoms with Crippen LogP contribution < -0.4 is 5.73 Å². The zero-order chi connectivity index (χ0) is 8.43. The van der Waals surface area contributed by atoms with Crippen LogP contribution in [-0.2, 0) is 4.79 Å². The van der Waals surface area contributed by atoms with E-state index in [-0.39, 0.29) is 11.9 Å². The van der Waals surface area contributed by atoms with Crippen molar-refractivity contribution in [1.29, 1.82) is 0 Å². The van der Waals surface area contributed by atoms with Gasteiger partial charge in [-0.1, -0.05) is 0 Å². The van der Waals surface area contributed by atoms with Crippen LogP contribution >= 0.6 is 0 Å². The van der Waals surface area contributed by atoms with Gasteiger partial charge in [-0.05, 0) is 13.8 Å². The Hall–Kier alpha value is -0.900. The molecule has 1 aliphatic rings. The summed E-state index contributed by atoms with van der Waals surface area (Å²) in [4.78, 5) is 11.1. The van der Waals surface area contributed by atoms with Crippen molar-refractivity contribution in [3.63, 3.8) is 0 Å². The maximum atomic E-state index is 11.1. The van der Waals surface area contributed by atoms with Crippen molar-refractivity contribution in [2.24, 2.45) is 10.8 Å². The van der Waals surface area contributed by atoms with E-state index in [4.69, 9.17) is 5.73 Å². The van der Waals surface area contributed by atoms with Crippen molar-refractivity contribution in [1.82, 2.24) is 5.01 Å². The first-order chi connectivity index (χ1) is 5.15. The summed E-state index contributed by atoms with van der Waals surface area (Å²) in [7, 11) is 0. The predicted octanol–water partition coefficient (Wildman–Crippen LogP) is -0.0582. The number of hydrogen-bond donors (Lipinski definition) is 1. The maximum absolute atomic E-state index is 11.1. The van der Waals surface area contributed by atoms with Gasteiger partial charge in [0.1, 0.15) is 0 Å². The summed E-state index contributed by atoms with van der Waals surface area (Å²) in [5, 5.41) is 5.55. The summed E-state index contributed by atoms with van der Waals surface area (Å²) in [5.74, 6) is 0.0560. The number of nitrogens with zero attached hydrogens (tertiary/aromatic N) is 2. The van der Waals surface area contributed by atoms with Crippen LogP contribution in [-0.4, -0.2) is 29.2 Å². The van der Waals surface area contributed by atoms with Gasteiger partial charge in [-0.25, -0.2) is 5.01 Å². The van der Waals surface area contributed by atoms with Gasteiger partial charge >= 0.3 is 0 Å². The molecule has 1 rings (SSSR count). The molecule has 0 aromatic heterocycles. The average molecular weight is 155 g/mol. The molecule has 0 aromatic carbocycles. The Morgan fingerprint density at radius 1 is 1.73 bits per heavy atom. The summed E-state index contributed by atoms with van der Waals surface area (Å²) in [6.45, 7) is 4.25. The molecular formula is C7H13N3O. The van der Waals surface area contributed by atoms with Crippen LogP contribution in [0.4, 0.5) is 0 Å². The fourth-order valence-corrected chi connectivity index (χ4v) is 1.02. The normalized spacial score (nSPS) is 18.0. The third-order valence-corrected chi connectivity index (χ3v) is 1.58. The molecule has 62 valence electrons. The molecule has 0 fully saturated rings. The van der Waals surface area contributed by atoms with Crippen LogP contribution in [0.1, 0.15) is 20.3 Å². The molecule has 4 nitrogen and oxygen atoms in total.